The Morgan fingerprint density at radius 1 is 1.24 bits per heavy atom. The summed E-state index contributed by atoms with van der Waals surface area (Å²) in [5.74, 6) is 2.62. The summed E-state index contributed by atoms with van der Waals surface area (Å²) in [6.07, 6.45) is 2.52. The third-order valence-electron chi connectivity index (χ3n) is 3.37. The van der Waals surface area contributed by atoms with Gasteiger partial charge in [-0.2, -0.15) is 0 Å². The van der Waals surface area contributed by atoms with E-state index in [0.717, 1.165) is 48.2 Å². The zero-order valence-electron chi connectivity index (χ0n) is 13.1. The van der Waals surface area contributed by atoms with Gasteiger partial charge >= 0.3 is 0 Å². The number of hydrogen-bond donors (Lipinski definition) is 1. The highest BCUT2D eigenvalue weighted by Crippen LogP contribution is 2.14. The molecule has 114 valence electrons. The minimum Gasteiger partial charge on any atom is -0.383 e. The van der Waals surface area contributed by atoms with Crippen LogP contribution in [-0.4, -0.2) is 45.0 Å². The van der Waals surface area contributed by atoms with Crippen LogP contribution in [0.1, 0.15) is 22.9 Å². The number of nitrogens with one attached hydrogen (secondary N) is 1. The third kappa shape index (κ3) is 3.98. The van der Waals surface area contributed by atoms with Gasteiger partial charge in [0.1, 0.15) is 23.8 Å². The zero-order valence-corrected chi connectivity index (χ0v) is 13.1. The van der Waals surface area contributed by atoms with Gasteiger partial charge in [0.05, 0.1) is 6.61 Å². The second-order valence-electron chi connectivity index (χ2n) is 4.94. The van der Waals surface area contributed by atoms with Crippen LogP contribution in [0, 0.1) is 20.8 Å². The van der Waals surface area contributed by atoms with Gasteiger partial charge in [0, 0.05) is 37.9 Å². The number of methoxy groups -OCH3 is 1. The fraction of sp³-hybridized carbons (Fsp3) is 0.571. The van der Waals surface area contributed by atoms with E-state index in [2.05, 4.69) is 25.5 Å². The lowest BCUT2D eigenvalue weighted by atomic mass is 10.2. The van der Waals surface area contributed by atoms with E-state index in [4.69, 9.17) is 4.74 Å². The van der Waals surface area contributed by atoms with Crippen molar-refractivity contribution in [2.75, 3.05) is 25.6 Å². The molecule has 0 bridgehead atoms. The Morgan fingerprint density at radius 3 is 2.81 bits per heavy atom. The summed E-state index contributed by atoms with van der Waals surface area (Å²) in [5.41, 5.74) is 2.09. The van der Waals surface area contributed by atoms with Gasteiger partial charge in [-0.1, -0.05) is 0 Å². The second kappa shape index (κ2) is 7.12. The SMILES string of the molecule is COCCn1cnnc1CCNc1nc(C)nc(C)c1C. The summed E-state index contributed by atoms with van der Waals surface area (Å²) in [6.45, 7) is 8.10. The topological polar surface area (TPSA) is 77.8 Å². The van der Waals surface area contributed by atoms with Crippen molar-refractivity contribution in [2.24, 2.45) is 0 Å². The van der Waals surface area contributed by atoms with Crippen LogP contribution < -0.4 is 5.32 Å². The Balaban J connectivity index is 1.94. The van der Waals surface area contributed by atoms with Crippen LogP contribution >= 0.6 is 0 Å². The van der Waals surface area contributed by atoms with E-state index in [9.17, 15) is 0 Å². The predicted molar refractivity (Wildman–Crippen MR) is 80.3 cm³/mol. The molecule has 0 saturated carbocycles. The van der Waals surface area contributed by atoms with Crippen molar-refractivity contribution in [1.82, 2.24) is 24.7 Å². The van der Waals surface area contributed by atoms with Crippen LogP contribution in [0.4, 0.5) is 5.82 Å². The lowest BCUT2D eigenvalue weighted by molar-refractivity contribution is 0.186. The average Bonchev–Trinajstić information content (AvgIpc) is 2.89. The maximum Gasteiger partial charge on any atom is 0.134 e. The first-order chi connectivity index (χ1) is 10.1. The Bertz CT molecular complexity index is 595. The van der Waals surface area contributed by atoms with Crippen LogP contribution in [0.3, 0.4) is 0 Å². The molecule has 2 rings (SSSR count). The van der Waals surface area contributed by atoms with Gasteiger partial charge in [0.15, 0.2) is 0 Å². The summed E-state index contributed by atoms with van der Waals surface area (Å²) in [5, 5.41) is 11.4. The first-order valence-electron chi connectivity index (χ1n) is 7.03. The molecule has 7 heteroatoms. The van der Waals surface area contributed by atoms with Gasteiger partial charge < -0.3 is 14.6 Å². The van der Waals surface area contributed by atoms with E-state index in [1.807, 2.05) is 25.3 Å². The molecule has 0 atom stereocenters. The molecule has 0 aliphatic rings. The minimum absolute atomic E-state index is 0.655. The van der Waals surface area contributed by atoms with Crippen LogP contribution in [0.5, 0.6) is 0 Å². The van der Waals surface area contributed by atoms with Gasteiger partial charge in [-0.05, 0) is 20.8 Å². The summed E-state index contributed by atoms with van der Waals surface area (Å²) in [7, 11) is 1.69. The van der Waals surface area contributed by atoms with E-state index in [-0.39, 0.29) is 0 Å². The summed E-state index contributed by atoms with van der Waals surface area (Å²) in [6, 6.07) is 0. The normalized spacial score (nSPS) is 10.9. The Hall–Kier alpha value is -2.02. The van der Waals surface area contributed by atoms with Crippen molar-refractivity contribution in [3.05, 3.63) is 29.2 Å². The Kier molecular flexibility index (Phi) is 5.21. The maximum absolute atomic E-state index is 5.08. The van der Waals surface area contributed by atoms with Gasteiger partial charge in [-0.3, -0.25) is 0 Å². The molecular weight excluding hydrogens is 268 g/mol. The van der Waals surface area contributed by atoms with Crippen molar-refractivity contribution < 1.29 is 4.74 Å². The number of aromatic nitrogens is 5. The van der Waals surface area contributed by atoms with E-state index in [0.29, 0.717) is 6.61 Å². The maximum atomic E-state index is 5.08. The van der Waals surface area contributed by atoms with Crippen LogP contribution in [-0.2, 0) is 17.7 Å². The lowest BCUT2D eigenvalue weighted by Crippen LogP contribution is -2.14. The highest BCUT2D eigenvalue weighted by Gasteiger charge is 2.07. The van der Waals surface area contributed by atoms with E-state index < -0.39 is 0 Å². The summed E-state index contributed by atoms with van der Waals surface area (Å²) >= 11 is 0. The van der Waals surface area contributed by atoms with Gasteiger partial charge in [-0.15, -0.1) is 10.2 Å². The quantitative estimate of drug-likeness (QED) is 0.828. The van der Waals surface area contributed by atoms with Crippen molar-refractivity contribution in [2.45, 2.75) is 33.7 Å². The number of anilines is 1. The standard InChI is InChI=1S/C14H22N6O/c1-10-11(2)17-12(3)18-14(10)15-6-5-13-19-16-9-20(13)7-8-21-4/h9H,5-8H2,1-4H3,(H,15,17,18). The Morgan fingerprint density at radius 2 is 2.05 bits per heavy atom. The van der Waals surface area contributed by atoms with Crippen molar-refractivity contribution in [3.63, 3.8) is 0 Å². The molecule has 0 spiro atoms. The van der Waals surface area contributed by atoms with Crippen molar-refractivity contribution in [1.29, 1.82) is 0 Å². The fourth-order valence-corrected chi connectivity index (χ4v) is 2.08. The third-order valence-corrected chi connectivity index (χ3v) is 3.37. The number of ether oxygens (including phenoxy) is 1. The van der Waals surface area contributed by atoms with Crippen LogP contribution in [0.25, 0.3) is 0 Å². The largest absolute Gasteiger partial charge is 0.383 e. The summed E-state index contributed by atoms with van der Waals surface area (Å²) < 4.78 is 7.09. The highest BCUT2D eigenvalue weighted by molar-refractivity contribution is 5.45. The second-order valence-corrected chi connectivity index (χ2v) is 4.94. The Labute approximate surface area is 124 Å². The van der Waals surface area contributed by atoms with Crippen molar-refractivity contribution in [3.8, 4) is 0 Å². The molecule has 1 N–H and O–H groups in total. The first kappa shape index (κ1) is 15.4. The highest BCUT2D eigenvalue weighted by atomic mass is 16.5. The number of aryl methyl sites for hydroxylation is 2. The molecule has 0 radical (unpaired) electrons. The molecule has 2 aromatic heterocycles. The number of nitrogens with zero attached hydrogens (tertiary/aromatic N) is 5. The number of hydrogen-bond acceptors (Lipinski definition) is 6. The average molecular weight is 290 g/mol. The fourth-order valence-electron chi connectivity index (χ4n) is 2.08. The molecule has 21 heavy (non-hydrogen) atoms. The van der Waals surface area contributed by atoms with Crippen LogP contribution in [0.2, 0.25) is 0 Å². The molecule has 0 unspecified atom stereocenters. The molecular formula is C14H22N6O. The zero-order chi connectivity index (χ0) is 15.2. The van der Waals surface area contributed by atoms with Crippen molar-refractivity contribution >= 4 is 5.82 Å². The molecule has 0 fully saturated rings. The predicted octanol–water partition coefficient (Wildman–Crippen LogP) is 1.29. The molecule has 2 heterocycles. The lowest BCUT2D eigenvalue weighted by Gasteiger charge is -2.11. The van der Waals surface area contributed by atoms with Gasteiger partial charge in [0.2, 0.25) is 0 Å². The first-order valence-corrected chi connectivity index (χ1v) is 7.03. The van der Waals surface area contributed by atoms with E-state index >= 15 is 0 Å². The molecule has 0 aliphatic heterocycles. The van der Waals surface area contributed by atoms with Gasteiger partial charge in [-0.25, -0.2) is 9.97 Å². The van der Waals surface area contributed by atoms with Crippen LogP contribution in [0.15, 0.2) is 6.33 Å². The molecule has 0 amide bonds. The number of rotatable bonds is 7. The monoisotopic (exact) mass is 290 g/mol. The molecule has 0 aliphatic carbocycles. The van der Waals surface area contributed by atoms with Gasteiger partial charge in [0.25, 0.3) is 0 Å². The minimum atomic E-state index is 0.655. The smallest absolute Gasteiger partial charge is 0.134 e. The van der Waals surface area contributed by atoms with E-state index in [1.54, 1.807) is 13.4 Å². The summed E-state index contributed by atoms with van der Waals surface area (Å²) in [4.78, 5) is 8.79. The molecule has 7 nitrogen and oxygen atoms in total. The van der Waals surface area contributed by atoms with E-state index in [1.165, 1.54) is 0 Å². The molecule has 0 aromatic carbocycles. The molecule has 2 aromatic rings. The molecule has 0 saturated heterocycles.